The molecule has 0 saturated heterocycles. The quantitative estimate of drug-likeness (QED) is 0.264. The van der Waals surface area contributed by atoms with E-state index in [1.54, 1.807) is 0 Å². The lowest BCUT2D eigenvalue weighted by Gasteiger charge is -2.11. The number of hydrogen-bond acceptors (Lipinski definition) is 2. The van der Waals surface area contributed by atoms with Crippen LogP contribution in [0.5, 0.6) is 0 Å². The predicted molar refractivity (Wildman–Crippen MR) is 148 cm³/mol. The summed E-state index contributed by atoms with van der Waals surface area (Å²) in [6.45, 7) is 0. The first-order chi connectivity index (χ1) is 17.9. The van der Waals surface area contributed by atoms with Gasteiger partial charge in [-0.3, -0.25) is 9.13 Å². The van der Waals surface area contributed by atoms with Gasteiger partial charge in [0.15, 0.2) is 11.3 Å². The highest BCUT2D eigenvalue weighted by Crippen LogP contribution is 2.36. The highest BCUT2D eigenvalue weighted by atomic mass is 15.1. The highest BCUT2D eigenvalue weighted by molar-refractivity contribution is 6.13. The van der Waals surface area contributed by atoms with Gasteiger partial charge < -0.3 is 0 Å². The Bertz CT molecular complexity index is 2090. The second kappa shape index (κ2) is 7.27. The molecule has 0 aliphatic rings. The van der Waals surface area contributed by atoms with Gasteiger partial charge >= 0.3 is 0 Å². The molecular formula is C32H20N4. The second-order valence-corrected chi connectivity index (χ2v) is 9.11. The van der Waals surface area contributed by atoms with Gasteiger partial charge in [0, 0.05) is 21.8 Å². The molecule has 0 N–H and O–H groups in total. The number of nitrogens with zero attached hydrogens (tertiary/aromatic N) is 4. The predicted octanol–water partition coefficient (Wildman–Crippen LogP) is 7.82. The lowest BCUT2D eigenvalue weighted by molar-refractivity contribution is 1.11. The van der Waals surface area contributed by atoms with Crippen LogP contribution in [0.1, 0.15) is 0 Å². The van der Waals surface area contributed by atoms with Crippen molar-refractivity contribution in [3.8, 4) is 11.4 Å². The Morgan fingerprint density at radius 2 is 0.972 bits per heavy atom. The van der Waals surface area contributed by atoms with Gasteiger partial charge in [0.1, 0.15) is 11.0 Å². The molecule has 0 unspecified atom stereocenters. The molecule has 8 aromatic rings. The first-order valence-electron chi connectivity index (χ1n) is 12.1. The van der Waals surface area contributed by atoms with E-state index in [9.17, 15) is 0 Å². The molecule has 168 valence electrons. The summed E-state index contributed by atoms with van der Waals surface area (Å²) in [5.74, 6) is 0. The molecule has 0 amide bonds. The molecule has 0 aliphatic heterocycles. The van der Waals surface area contributed by atoms with Crippen molar-refractivity contribution in [1.82, 2.24) is 19.1 Å². The zero-order valence-electron chi connectivity index (χ0n) is 19.3. The van der Waals surface area contributed by atoms with E-state index in [1.165, 1.54) is 10.8 Å². The van der Waals surface area contributed by atoms with Crippen molar-refractivity contribution >= 4 is 54.9 Å². The lowest BCUT2D eigenvalue weighted by Crippen LogP contribution is -2.00. The van der Waals surface area contributed by atoms with Gasteiger partial charge in [0.25, 0.3) is 0 Å². The van der Waals surface area contributed by atoms with Crippen LogP contribution in [-0.2, 0) is 0 Å². The number of aromatic nitrogens is 4. The van der Waals surface area contributed by atoms with Gasteiger partial charge in [-0.1, -0.05) is 91.0 Å². The zero-order valence-corrected chi connectivity index (χ0v) is 19.3. The summed E-state index contributed by atoms with van der Waals surface area (Å²) in [6, 6.07) is 42.3. The van der Waals surface area contributed by atoms with Gasteiger partial charge in [-0.05, 0) is 35.7 Å². The molecule has 3 heterocycles. The zero-order chi connectivity index (χ0) is 23.6. The van der Waals surface area contributed by atoms with E-state index in [4.69, 9.17) is 9.97 Å². The Labute approximate surface area is 206 Å². The molecule has 0 atom stereocenters. The molecule has 4 nitrogen and oxygen atoms in total. The number of fused-ring (bicyclic) bond motifs is 7. The molecule has 0 saturated carbocycles. The molecule has 36 heavy (non-hydrogen) atoms. The third-order valence-electron chi connectivity index (χ3n) is 7.10. The van der Waals surface area contributed by atoms with Crippen LogP contribution in [0, 0.1) is 0 Å². The minimum Gasteiger partial charge on any atom is -0.292 e. The minimum absolute atomic E-state index is 0.860. The molecule has 0 bridgehead atoms. The van der Waals surface area contributed by atoms with Crippen LogP contribution in [0.2, 0.25) is 0 Å². The van der Waals surface area contributed by atoms with Crippen molar-refractivity contribution in [2.45, 2.75) is 0 Å². The average Bonchev–Trinajstić information content (AvgIpc) is 3.44. The van der Waals surface area contributed by atoms with E-state index in [2.05, 4.69) is 124 Å². The van der Waals surface area contributed by atoms with Crippen LogP contribution < -0.4 is 0 Å². The summed E-state index contributed by atoms with van der Waals surface area (Å²) in [7, 11) is 0. The maximum absolute atomic E-state index is 5.38. The Balaban J connectivity index is 1.59. The molecule has 8 rings (SSSR count). The number of benzene rings is 5. The first kappa shape index (κ1) is 19.4. The van der Waals surface area contributed by atoms with Gasteiger partial charge in [-0.2, -0.15) is 0 Å². The van der Waals surface area contributed by atoms with Crippen LogP contribution in [0.25, 0.3) is 66.3 Å². The molecular weight excluding hydrogens is 440 g/mol. The van der Waals surface area contributed by atoms with E-state index in [1.807, 2.05) is 6.07 Å². The molecule has 0 aliphatic carbocycles. The van der Waals surface area contributed by atoms with Crippen molar-refractivity contribution in [2.75, 3.05) is 0 Å². The van der Waals surface area contributed by atoms with E-state index >= 15 is 0 Å². The van der Waals surface area contributed by atoms with Crippen LogP contribution in [0.4, 0.5) is 0 Å². The number of rotatable bonds is 2. The number of para-hydroxylation sites is 3. The topological polar surface area (TPSA) is 35.6 Å². The van der Waals surface area contributed by atoms with Crippen molar-refractivity contribution in [2.24, 2.45) is 0 Å². The summed E-state index contributed by atoms with van der Waals surface area (Å²) in [5.41, 5.74) is 7.95. The standard InChI is InChI=1S/C32H20N4/c1-2-13-22(14-3-1)35-27-18-8-6-16-24(27)29-31(35)34-32-30(33-29)25-17-7-9-19-28(25)36(32)26-20-10-12-21-11-4-5-15-23(21)26/h1-20H. The minimum atomic E-state index is 0.860. The second-order valence-electron chi connectivity index (χ2n) is 9.11. The molecule has 0 spiro atoms. The van der Waals surface area contributed by atoms with E-state index in [0.717, 1.165) is 55.5 Å². The summed E-state index contributed by atoms with van der Waals surface area (Å²) >= 11 is 0. The van der Waals surface area contributed by atoms with Crippen LogP contribution >= 0.6 is 0 Å². The summed E-state index contributed by atoms with van der Waals surface area (Å²) in [5, 5.41) is 4.60. The molecule has 3 aromatic heterocycles. The third-order valence-corrected chi connectivity index (χ3v) is 7.10. The normalized spacial score (nSPS) is 11.9. The Morgan fingerprint density at radius 1 is 0.417 bits per heavy atom. The van der Waals surface area contributed by atoms with E-state index in [0.29, 0.717) is 0 Å². The molecule has 0 fully saturated rings. The SMILES string of the molecule is c1ccc(-n2c3ccccc3c3nc4c5ccccc5n(-c5cccc6ccccc56)c4nc32)cc1. The maximum Gasteiger partial charge on any atom is 0.166 e. The fraction of sp³-hybridized carbons (Fsp3) is 0. The van der Waals surface area contributed by atoms with Gasteiger partial charge in [0.2, 0.25) is 0 Å². The van der Waals surface area contributed by atoms with E-state index < -0.39 is 0 Å². The van der Waals surface area contributed by atoms with Crippen molar-refractivity contribution in [1.29, 1.82) is 0 Å². The highest BCUT2D eigenvalue weighted by Gasteiger charge is 2.21. The summed E-state index contributed by atoms with van der Waals surface area (Å²) in [6.07, 6.45) is 0. The van der Waals surface area contributed by atoms with Gasteiger partial charge in [0.05, 0.1) is 16.7 Å². The largest absolute Gasteiger partial charge is 0.292 e. The fourth-order valence-corrected chi connectivity index (χ4v) is 5.54. The third kappa shape index (κ3) is 2.58. The molecule has 5 aromatic carbocycles. The monoisotopic (exact) mass is 460 g/mol. The van der Waals surface area contributed by atoms with Crippen LogP contribution in [-0.4, -0.2) is 19.1 Å². The summed E-state index contributed by atoms with van der Waals surface area (Å²) in [4.78, 5) is 10.7. The first-order valence-corrected chi connectivity index (χ1v) is 12.1. The Hall–Kier alpha value is -4.96. The molecule has 4 heteroatoms. The average molecular weight is 461 g/mol. The maximum atomic E-state index is 5.38. The van der Waals surface area contributed by atoms with Gasteiger partial charge in [-0.25, -0.2) is 9.97 Å². The number of hydrogen-bond donors (Lipinski definition) is 0. The Morgan fingerprint density at radius 3 is 1.72 bits per heavy atom. The van der Waals surface area contributed by atoms with Gasteiger partial charge in [-0.15, -0.1) is 0 Å². The van der Waals surface area contributed by atoms with Crippen molar-refractivity contribution in [3.05, 3.63) is 121 Å². The fourth-order valence-electron chi connectivity index (χ4n) is 5.54. The summed E-state index contributed by atoms with van der Waals surface area (Å²) < 4.78 is 4.49. The smallest absolute Gasteiger partial charge is 0.166 e. The van der Waals surface area contributed by atoms with Crippen LogP contribution in [0.3, 0.4) is 0 Å². The van der Waals surface area contributed by atoms with Crippen LogP contribution in [0.15, 0.2) is 121 Å². The Kier molecular flexibility index (Phi) is 3.91. The van der Waals surface area contributed by atoms with Crippen molar-refractivity contribution < 1.29 is 0 Å². The van der Waals surface area contributed by atoms with E-state index in [-0.39, 0.29) is 0 Å². The van der Waals surface area contributed by atoms with Crippen molar-refractivity contribution in [3.63, 3.8) is 0 Å². The lowest BCUT2D eigenvalue weighted by atomic mass is 10.1. The molecule has 0 radical (unpaired) electrons.